The Morgan fingerprint density at radius 2 is 2.25 bits per heavy atom. The van der Waals surface area contributed by atoms with E-state index in [1.165, 1.54) is 0 Å². The van der Waals surface area contributed by atoms with Crippen LogP contribution in [0.2, 0.25) is 0 Å². The fraction of sp³-hybridized carbons (Fsp3) is 0.533. The molecule has 1 atom stereocenters. The van der Waals surface area contributed by atoms with Gasteiger partial charge in [0.05, 0.1) is 12.6 Å². The molecule has 1 aromatic rings. The molecule has 5 heteroatoms. The second kappa shape index (κ2) is 6.24. The van der Waals surface area contributed by atoms with Gasteiger partial charge >= 0.3 is 0 Å². The van der Waals surface area contributed by atoms with Crippen LogP contribution in [0.25, 0.3) is 0 Å². The molecule has 2 rings (SSSR count). The largest absolute Gasteiger partial charge is 0.399 e. The van der Waals surface area contributed by atoms with Crippen molar-refractivity contribution in [1.29, 1.82) is 0 Å². The van der Waals surface area contributed by atoms with Crippen LogP contribution in [-0.4, -0.2) is 41.1 Å². The number of nitrogens with two attached hydrogens (primary N) is 1. The van der Waals surface area contributed by atoms with Gasteiger partial charge in [-0.3, -0.25) is 9.69 Å². The zero-order chi connectivity index (χ0) is 14.7. The molecule has 1 amide bonds. The number of hydrogen-bond donors (Lipinski definition) is 3. The van der Waals surface area contributed by atoms with Crippen molar-refractivity contribution in [3.05, 3.63) is 23.8 Å². The van der Waals surface area contributed by atoms with Crippen molar-refractivity contribution in [3.63, 3.8) is 0 Å². The Morgan fingerprint density at radius 3 is 2.85 bits per heavy atom. The van der Waals surface area contributed by atoms with Gasteiger partial charge in [0.2, 0.25) is 5.91 Å². The number of nitrogens with zero attached hydrogens (tertiary/aromatic N) is 1. The Kier molecular flexibility index (Phi) is 4.62. The predicted octanol–water partition coefficient (Wildman–Crippen LogP) is 1.36. The Bertz CT molecular complexity index is 486. The molecular formula is C15H23N3O2. The first-order valence-corrected chi connectivity index (χ1v) is 7.06. The van der Waals surface area contributed by atoms with Crippen molar-refractivity contribution in [2.24, 2.45) is 0 Å². The van der Waals surface area contributed by atoms with Crippen LogP contribution in [0.15, 0.2) is 18.2 Å². The fourth-order valence-corrected chi connectivity index (χ4v) is 2.38. The maximum absolute atomic E-state index is 12.3. The van der Waals surface area contributed by atoms with Crippen molar-refractivity contribution in [1.82, 2.24) is 4.90 Å². The summed E-state index contributed by atoms with van der Waals surface area (Å²) in [4.78, 5) is 14.4. The van der Waals surface area contributed by atoms with Gasteiger partial charge in [0.1, 0.15) is 0 Å². The quantitative estimate of drug-likeness (QED) is 0.686. The van der Waals surface area contributed by atoms with Gasteiger partial charge in [-0.2, -0.15) is 0 Å². The number of carbonyl (C=O) groups is 1. The molecule has 1 unspecified atom stereocenters. The number of aryl methyl sites for hydroxylation is 1. The van der Waals surface area contributed by atoms with Crippen molar-refractivity contribution in [2.75, 3.05) is 24.2 Å². The molecule has 0 saturated heterocycles. The fourth-order valence-electron chi connectivity index (χ4n) is 2.38. The van der Waals surface area contributed by atoms with Gasteiger partial charge < -0.3 is 16.2 Å². The highest BCUT2D eigenvalue weighted by Gasteiger charge is 2.34. The van der Waals surface area contributed by atoms with Gasteiger partial charge in [-0.25, -0.2) is 0 Å². The van der Waals surface area contributed by atoms with E-state index in [1.807, 2.05) is 26.0 Å². The second-order valence-corrected chi connectivity index (χ2v) is 5.43. The molecule has 0 bridgehead atoms. The third-order valence-electron chi connectivity index (χ3n) is 3.77. The monoisotopic (exact) mass is 277 g/mol. The van der Waals surface area contributed by atoms with E-state index < -0.39 is 0 Å². The normalized spacial score (nSPS) is 16.2. The topological polar surface area (TPSA) is 78.6 Å². The van der Waals surface area contributed by atoms with Gasteiger partial charge in [0.15, 0.2) is 0 Å². The molecule has 1 saturated carbocycles. The van der Waals surface area contributed by atoms with Crippen LogP contribution in [0.3, 0.4) is 0 Å². The standard InChI is InChI=1S/C15H23N3O2/c1-10-3-4-12(16)9-14(10)17-15(20)11(2)18(7-8-19)13-5-6-13/h3-4,9,11,13,19H,5-8,16H2,1-2H3,(H,17,20). The lowest BCUT2D eigenvalue weighted by Gasteiger charge is -2.27. The summed E-state index contributed by atoms with van der Waals surface area (Å²) >= 11 is 0. The lowest BCUT2D eigenvalue weighted by molar-refractivity contribution is -0.121. The summed E-state index contributed by atoms with van der Waals surface area (Å²) in [5.41, 5.74) is 8.12. The summed E-state index contributed by atoms with van der Waals surface area (Å²) in [5, 5.41) is 12.1. The maximum atomic E-state index is 12.3. The van der Waals surface area contributed by atoms with Crippen LogP contribution in [0.1, 0.15) is 25.3 Å². The minimum atomic E-state index is -0.254. The second-order valence-electron chi connectivity index (χ2n) is 5.43. The Hall–Kier alpha value is -1.59. The number of aliphatic hydroxyl groups excluding tert-OH is 1. The highest BCUT2D eigenvalue weighted by atomic mass is 16.3. The predicted molar refractivity (Wildman–Crippen MR) is 80.5 cm³/mol. The van der Waals surface area contributed by atoms with E-state index in [1.54, 1.807) is 6.07 Å². The average Bonchev–Trinajstić information content (AvgIpc) is 3.23. The van der Waals surface area contributed by atoms with Crippen molar-refractivity contribution < 1.29 is 9.90 Å². The molecule has 0 spiro atoms. The smallest absolute Gasteiger partial charge is 0.241 e. The van der Waals surface area contributed by atoms with E-state index >= 15 is 0 Å². The van der Waals surface area contributed by atoms with Crippen LogP contribution in [0.5, 0.6) is 0 Å². The Balaban J connectivity index is 2.04. The third-order valence-corrected chi connectivity index (χ3v) is 3.77. The molecule has 1 fully saturated rings. The van der Waals surface area contributed by atoms with E-state index in [2.05, 4.69) is 10.2 Å². The van der Waals surface area contributed by atoms with Crippen LogP contribution >= 0.6 is 0 Å². The molecule has 1 aliphatic rings. The van der Waals surface area contributed by atoms with Gasteiger partial charge in [0.25, 0.3) is 0 Å². The number of hydrogen-bond acceptors (Lipinski definition) is 4. The molecule has 4 N–H and O–H groups in total. The number of benzene rings is 1. The maximum Gasteiger partial charge on any atom is 0.241 e. The summed E-state index contributed by atoms with van der Waals surface area (Å²) < 4.78 is 0. The highest BCUT2D eigenvalue weighted by Crippen LogP contribution is 2.28. The first-order valence-electron chi connectivity index (χ1n) is 7.06. The van der Waals surface area contributed by atoms with Crippen molar-refractivity contribution in [2.45, 2.75) is 38.8 Å². The van der Waals surface area contributed by atoms with Crippen LogP contribution in [0.4, 0.5) is 11.4 Å². The van der Waals surface area contributed by atoms with E-state index in [4.69, 9.17) is 10.8 Å². The lowest BCUT2D eigenvalue weighted by atomic mass is 10.1. The SMILES string of the molecule is Cc1ccc(N)cc1NC(=O)C(C)N(CCO)C1CC1. The van der Waals surface area contributed by atoms with Crippen LogP contribution in [-0.2, 0) is 4.79 Å². The number of aliphatic hydroxyl groups is 1. The number of nitrogen functional groups attached to an aromatic ring is 1. The Labute approximate surface area is 119 Å². The Morgan fingerprint density at radius 1 is 1.55 bits per heavy atom. The third kappa shape index (κ3) is 3.49. The van der Waals surface area contributed by atoms with E-state index in [0.717, 1.165) is 24.1 Å². The molecule has 0 heterocycles. The van der Waals surface area contributed by atoms with Crippen molar-refractivity contribution in [3.8, 4) is 0 Å². The van der Waals surface area contributed by atoms with E-state index in [-0.39, 0.29) is 18.6 Å². The highest BCUT2D eigenvalue weighted by molar-refractivity contribution is 5.95. The number of nitrogens with one attached hydrogen (secondary N) is 1. The zero-order valence-electron chi connectivity index (χ0n) is 12.1. The molecule has 110 valence electrons. The van der Waals surface area contributed by atoms with Gasteiger partial charge in [-0.15, -0.1) is 0 Å². The number of carbonyl (C=O) groups excluding carboxylic acids is 1. The minimum absolute atomic E-state index is 0.0564. The minimum Gasteiger partial charge on any atom is -0.399 e. The zero-order valence-corrected chi connectivity index (χ0v) is 12.1. The molecule has 1 aliphatic carbocycles. The van der Waals surface area contributed by atoms with E-state index in [9.17, 15) is 4.79 Å². The van der Waals surface area contributed by atoms with Gasteiger partial charge in [-0.05, 0) is 44.4 Å². The van der Waals surface area contributed by atoms with E-state index in [0.29, 0.717) is 18.3 Å². The van der Waals surface area contributed by atoms with Crippen molar-refractivity contribution >= 4 is 17.3 Å². The van der Waals surface area contributed by atoms with Crippen LogP contribution in [0, 0.1) is 6.92 Å². The molecule has 0 aromatic heterocycles. The van der Waals surface area contributed by atoms with Crippen LogP contribution < -0.4 is 11.1 Å². The van der Waals surface area contributed by atoms with Gasteiger partial charge in [-0.1, -0.05) is 6.07 Å². The molecule has 0 aliphatic heterocycles. The first kappa shape index (κ1) is 14.8. The summed E-state index contributed by atoms with van der Waals surface area (Å²) in [7, 11) is 0. The summed E-state index contributed by atoms with van der Waals surface area (Å²) in [6, 6.07) is 5.66. The average molecular weight is 277 g/mol. The lowest BCUT2D eigenvalue weighted by Crippen LogP contribution is -2.44. The molecule has 20 heavy (non-hydrogen) atoms. The molecule has 1 aromatic carbocycles. The molecule has 0 radical (unpaired) electrons. The number of rotatable bonds is 6. The summed E-state index contributed by atoms with van der Waals surface area (Å²) in [6.07, 6.45) is 2.21. The summed E-state index contributed by atoms with van der Waals surface area (Å²) in [5.74, 6) is -0.0564. The first-order chi connectivity index (χ1) is 9.52. The molecule has 5 nitrogen and oxygen atoms in total. The molecular weight excluding hydrogens is 254 g/mol. The number of anilines is 2. The summed E-state index contributed by atoms with van der Waals surface area (Å²) in [6.45, 7) is 4.43. The van der Waals surface area contributed by atoms with Gasteiger partial charge in [0, 0.05) is 24.0 Å². The number of amides is 1.